The summed E-state index contributed by atoms with van der Waals surface area (Å²) in [4.78, 5) is 18.5. The highest BCUT2D eigenvalue weighted by molar-refractivity contribution is 5.65. The maximum absolute atomic E-state index is 10.0. The first kappa shape index (κ1) is 9.39. The van der Waals surface area contributed by atoms with Crippen molar-refractivity contribution < 1.29 is 19.6 Å². The largest absolute Gasteiger partial charge is 0.342 e. The summed E-state index contributed by atoms with van der Waals surface area (Å²) in [6.45, 7) is 3.71. The van der Waals surface area contributed by atoms with Gasteiger partial charge in [0, 0.05) is 6.92 Å². The lowest BCUT2D eigenvalue weighted by molar-refractivity contribution is -0.485. The van der Waals surface area contributed by atoms with E-state index in [1.807, 2.05) is 6.92 Å². The number of rotatable bonds is 5. The molecular formula is C6H12O4. The number of unbranched alkanes of at least 4 members (excludes halogenated alkanes) is 1. The summed E-state index contributed by atoms with van der Waals surface area (Å²) < 4.78 is 0. The summed E-state index contributed by atoms with van der Waals surface area (Å²) >= 11 is 0. The molecule has 0 heterocycles. The predicted molar refractivity (Wildman–Crippen MR) is 33.7 cm³/mol. The molecule has 60 valence electrons. The molecular weight excluding hydrogens is 136 g/mol. The Kier molecular flexibility index (Phi) is 6.11. The summed E-state index contributed by atoms with van der Waals surface area (Å²) in [7, 11) is 0. The monoisotopic (exact) mass is 148 g/mol. The van der Waals surface area contributed by atoms with Crippen LogP contribution in [0.3, 0.4) is 0 Å². The lowest BCUT2D eigenvalue weighted by Crippen LogP contribution is -2.02. The maximum atomic E-state index is 10.0. The molecule has 0 fully saturated rings. The molecule has 0 rings (SSSR count). The minimum Gasteiger partial charge on any atom is -0.269 e. The Hall–Kier alpha value is -0.610. The zero-order valence-electron chi connectivity index (χ0n) is 6.25. The Labute approximate surface area is 59.9 Å². The topological polar surface area (TPSA) is 44.8 Å². The quantitative estimate of drug-likeness (QED) is 0.334. The van der Waals surface area contributed by atoms with E-state index in [9.17, 15) is 4.79 Å². The second kappa shape index (κ2) is 6.51. The summed E-state index contributed by atoms with van der Waals surface area (Å²) in [5, 5.41) is 4.05. The van der Waals surface area contributed by atoms with Crippen molar-refractivity contribution in [3.8, 4) is 0 Å². The van der Waals surface area contributed by atoms with E-state index in [0.29, 0.717) is 6.61 Å². The zero-order valence-corrected chi connectivity index (χ0v) is 6.25. The predicted octanol–water partition coefficient (Wildman–Crippen LogP) is 1.21. The molecule has 10 heavy (non-hydrogen) atoms. The van der Waals surface area contributed by atoms with Crippen LogP contribution in [0, 0.1) is 0 Å². The minimum absolute atomic E-state index is 0.448. The average Bonchev–Trinajstić information content (AvgIpc) is 1.87. The van der Waals surface area contributed by atoms with E-state index in [-0.39, 0.29) is 0 Å². The normalized spacial score (nSPS) is 9.40. The highest BCUT2D eigenvalue weighted by Crippen LogP contribution is 1.89. The first-order valence-corrected chi connectivity index (χ1v) is 3.24. The third kappa shape index (κ3) is 7.39. The van der Waals surface area contributed by atoms with Gasteiger partial charge in [-0.25, -0.2) is 4.79 Å². The molecule has 4 heteroatoms. The smallest absolute Gasteiger partial charge is 0.269 e. The van der Waals surface area contributed by atoms with Crippen LogP contribution >= 0.6 is 0 Å². The van der Waals surface area contributed by atoms with Crippen LogP contribution in [0.25, 0.3) is 0 Å². The third-order valence-corrected chi connectivity index (χ3v) is 0.781. The minimum atomic E-state index is -0.517. The van der Waals surface area contributed by atoms with E-state index in [4.69, 9.17) is 0 Å². The number of hydrogen-bond acceptors (Lipinski definition) is 4. The molecule has 0 radical (unpaired) electrons. The first-order chi connectivity index (χ1) is 4.77. The second-order valence-corrected chi connectivity index (χ2v) is 1.82. The Morgan fingerprint density at radius 1 is 1.50 bits per heavy atom. The van der Waals surface area contributed by atoms with Crippen molar-refractivity contribution in [2.45, 2.75) is 26.7 Å². The van der Waals surface area contributed by atoms with Gasteiger partial charge in [-0.15, -0.1) is 0 Å². The molecule has 0 amide bonds. The van der Waals surface area contributed by atoms with Crippen LogP contribution in [-0.2, 0) is 19.6 Å². The molecule has 4 nitrogen and oxygen atoms in total. The molecule has 0 saturated carbocycles. The van der Waals surface area contributed by atoms with E-state index in [1.54, 1.807) is 0 Å². The molecule has 0 aromatic heterocycles. The van der Waals surface area contributed by atoms with Crippen molar-refractivity contribution in [1.29, 1.82) is 0 Å². The van der Waals surface area contributed by atoms with Crippen LogP contribution in [0.15, 0.2) is 0 Å². The van der Waals surface area contributed by atoms with Gasteiger partial charge in [-0.3, -0.25) is 4.89 Å². The number of carbonyl (C=O) groups excluding carboxylic acids is 1. The van der Waals surface area contributed by atoms with Gasteiger partial charge in [0.15, 0.2) is 0 Å². The lowest BCUT2D eigenvalue weighted by Gasteiger charge is -1.98. The zero-order chi connectivity index (χ0) is 7.82. The van der Waals surface area contributed by atoms with E-state index in [2.05, 4.69) is 14.8 Å². The molecule has 0 aliphatic carbocycles. The SMILES string of the molecule is CCCCOOOC(C)=O. The third-order valence-electron chi connectivity index (χ3n) is 0.781. The molecule has 0 aliphatic heterocycles. The summed E-state index contributed by atoms with van der Waals surface area (Å²) in [6, 6.07) is 0. The van der Waals surface area contributed by atoms with Crippen LogP contribution in [-0.4, -0.2) is 12.6 Å². The van der Waals surface area contributed by atoms with Gasteiger partial charge in [-0.2, -0.15) is 4.89 Å². The van der Waals surface area contributed by atoms with Crippen molar-refractivity contribution in [1.82, 2.24) is 0 Å². The van der Waals surface area contributed by atoms with Crippen LogP contribution in [0.5, 0.6) is 0 Å². The van der Waals surface area contributed by atoms with Crippen LogP contribution in [0.1, 0.15) is 26.7 Å². The lowest BCUT2D eigenvalue weighted by atomic mass is 10.4. The van der Waals surface area contributed by atoms with E-state index >= 15 is 0 Å². The van der Waals surface area contributed by atoms with Crippen LogP contribution in [0.2, 0.25) is 0 Å². The molecule has 0 aromatic carbocycles. The highest BCUT2D eigenvalue weighted by Gasteiger charge is 1.92. The molecule has 0 bridgehead atoms. The van der Waals surface area contributed by atoms with Crippen molar-refractivity contribution in [2.24, 2.45) is 0 Å². The molecule has 0 spiro atoms. The molecule has 0 aliphatic rings. The highest BCUT2D eigenvalue weighted by atomic mass is 17.5. The standard InChI is InChI=1S/C6H12O4/c1-3-4-5-8-10-9-6(2)7/h3-5H2,1-2H3. The Morgan fingerprint density at radius 3 is 2.70 bits per heavy atom. The van der Waals surface area contributed by atoms with Crippen molar-refractivity contribution in [3.05, 3.63) is 0 Å². The van der Waals surface area contributed by atoms with Gasteiger partial charge in [-0.05, 0) is 11.5 Å². The fourth-order valence-electron chi connectivity index (χ4n) is 0.309. The van der Waals surface area contributed by atoms with Gasteiger partial charge < -0.3 is 0 Å². The Balaban J connectivity index is 2.84. The summed E-state index contributed by atoms with van der Waals surface area (Å²) in [6.07, 6.45) is 1.91. The van der Waals surface area contributed by atoms with Crippen molar-refractivity contribution >= 4 is 5.97 Å². The van der Waals surface area contributed by atoms with Crippen molar-refractivity contribution in [3.63, 3.8) is 0 Å². The van der Waals surface area contributed by atoms with E-state index < -0.39 is 5.97 Å². The number of hydrogen-bond donors (Lipinski definition) is 0. The summed E-state index contributed by atoms with van der Waals surface area (Å²) in [5.74, 6) is -0.517. The maximum Gasteiger partial charge on any atom is 0.342 e. The van der Waals surface area contributed by atoms with Crippen LogP contribution in [0.4, 0.5) is 0 Å². The number of carbonyl (C=O) groups is 1. The van der Waals surface area contributed by atoms with Gasteiger partial charge in [-0.1, -0.05) is 13.3 Å². The molecule has 0 unspecified atom stereocenters. The fourth-order valence-corrected chi connectivity index (χ4v) is 0.309. The van der Waals surface area contributed by atoms with Crippen molar-refractivity contribution in [2.75, 3.05) is 6.61 Å². The second-order valence-electron chi connectivity index (χ2n) is 1.82. The van der Waals surface area contributed by atoms with Gasteiger partial charge >= 0.3 is 5.97 Å². The van der Waals surface area contributed by atoms with Gasteiger partial charge in [0.2, 0.25) is 0 Å². The van der Waals surface area contributed by atoms with Gasteiger partial charge in [0.05, 0.1) is 6.61 Å². The Bertz CT molecular complexity index is 91.7. The summed E-state index contributed by atoms with van der Waals surface area (Å²) in [5.41, 5.74) is 0. The van der Waals surface area contributed by atoms with E-state index in [1.165, 1.54) is 6.92 Å². The molecule has 0 saturated heterocycles. The molecule has 0 atom stereocenters. The fraction of sp³-hybridized carbons (Fsp3) is 0.833. The average molecular weight is 148 g/mol. The Morgan fingerprint density at radius 2 is 2.20 bits per heavy atom. The van der Waals surface area contributed by atoms with Gasteiger partial charge in [0.25, 0.3) is 0 Å². The molecule has 0 aromatic rings. The van der Waals surface area contributed by atoms with E-state index in [0.717, 1.165) is 12.8 Å². The van der Waals surface area contributed by atoms with Crippen LogP contribution < -0.4 is 0 Å². The molecule has 0 N–H and O–H groups in total. The first-order valence-electron chi connectivity index (χ1n) is 3.24. The van der Waals surface area contributed by atoms with Gasteiger partial charge in [0.1, 0.15) is 0 Å².